The molecule has 0 atom stereocenters. The van der Waals surface area contributed by atoms with E-state index >= 15 is 0 Å². The Hall–Kier alpha value is -3.74. The molecule has 1 aliphatic heterocycles. The molecular formula is C34H39N7OS. The molecule has 2 N–H and O–H groups in total. The van der Waals surface area contributed by atoms with E-state index in [1.165, 1.54) is 27.5 Å². The second-order valence-electron chi connectivity index (χ2n) is 13.0. The van der Waals surface area contributed by atoms with E-state index < -0.39 is 0 Å². The standard InChI is InChI=1S/C34H39N7OS/c1-4-26-15-28-31(36-21-37-32(28)43-26)38-24-8-11-40(12-9-24)17-23-6-7-29-27(22(23)3)14-25(16-35)41(29)13-10-33-18-34(19-33,20-33)39-30(42)5-2/h5-7,14-15,21,24H,2,4,8-13,17-20H2,1,3H3,(H,39,42)(H,36,37,38). The van der Waals surface area contributed by atoms with Gasteiger partial charge >= 0.3 is 0 Å². The lowest BCUT2D eigenvalue weighted by atomic mass is 9.38. The van der Waals surface area contributed by atoms with Crippen molar-refractivity contribution in [2.45, 2.75) is 83.5 Å². The summed E-state index contributed by atoms with van der Waals surface area (Å²) in [6, 6.07) is 11.6. The number of amides is 1. The molecule has 3 aliphatic carbocycles. The van der Waals surface area contributed by atoms with Gasteiger partial charge in [0, 0.05) is 53.5 Å². The van der Waals surface area contributed by atoms with Crippen molar-refractivity contribution in [2.24, 2.45) is 5.41 Å². The molecule has 3 saturated carbocycles. The highest BCUT2D eigenvalue weighted by Gasteiger charge is 2.67. The summed E-state index contributed by atoms with van der Waals surface area (Å²) in [6.07, 6.45) is 10.4. The van der Waals surface area contributed by atoms with Crippen LogP contribution in [0.4, 0.5) is 5.82 Å². The molecule has 1 saturated heterocycles. The molecule has 1 amide bonds. The summed E-state index contributed by atoms with van der Waals surface area (Å²) in [5, 5.41) is 19.1. The number of likely N-dealkylation sites (tertiary alicyclic amines) is 1. The molecule has 4 heterocycles. The molecule has 0 unspecified atom stereocenters. The Labute approximate surface area is 256 Å². The number of hydrogen-bond acceptors (Lipinski definition) is 7. The molecule has 1 aromatic carbocycles. The number of carbonyl (C=O) groups is 1. The van der Waals surface area contributed by atoms with Gasteiger partial charge in [0.05, 0.1) is 5.39 Å². The van der Waals surface area contributed by atoms with Crippen LogP contribution in [0.25, 0.3) is 21.1 Å². The summed E-state index contributed by atoms with van der Waals surface area (Å²) in [5.74, 6) is 0.891. The zero-order chi connectivity index (χ0) is 29.8. The molecule has 0 spiro atoms. The maximum Gasteiger partial charge on any atom is 0.243 e. The highest BCUT2D eigenvalue weighted by atomic mass is 32.1. The maximum absolute atomic E-state index is 11.8. The maximum atomic E-state index is 11.8. The van der Waals surface area contributed by atoms with Gasteiger partial charge in [0.15, 0.2) is 0 Å². The Morgan fingerprint density at radius 2 is 2.00 bits per heavy atom. The van der Waals surface area contributed by atoms with Crippen LogP contribution >= 0.6 is 11.3 Å². The second-order valence-corrected chi connectivity index (χ2v) is 14.1. The first-order valence-electron chi connectivity index (χ1n) is 15.5. The van der Waals surface area contributed by atoms with Crippen molar-refractivity contribution in [3.63, 3.8) is 0 Å². The molecule has 8 nitrogen and oxygen atoms in total. The van der Waals surface area contributed by atoms with Gasteiger partial charge in [-0.25, -0.2) is 9.97 Å². The molecular weight excluding hydrogens is 554 g/mol. The van der Waals surface area contributed by atoms with Gasteiger partial charge in [-0.15, -0.1) is 11.3 Å². The summed E-state index contributed by atoms with van der Waals surface area (Å²) < 4.78 is 2.21. The summed E-state index contributed by atoms with van der Waals surface area (Å²) in [4.78, 5) is 25.8. The number of nitrogens with one attached hydrogen (secondary N) is 2. The second kappa shape index (κ2) is 10.8. The Bertz CT molecular complexity index is 1750. The fraction of sp³-hybridized carbons (Fsp3) is 0.471. The number of carbonyl (C=O) groups excluding carboxylic acids is 1. The van der Waals surface area contributed by atoms with Gasteiger partial charge in [-0.05, 0) is 92.7 Å². The minimum atomic E-state index is -0.0729. The highest BCUT2D eigenvalue weighted by Crippen LogP contribution is 2.69. The lowest BCUT2D eigenvalue weighted by molar-refractivity contribution is -0.167. The average Bonchev–Trinajstić information content (AvgIpc) is 3.58. The lowest BCUT2D eigenvalue weighted by Gasteiger charge is -2.71. The van der Waals surface area contributed by atoms with E-state index in [0.717, 1.165) is 98.4 Å². The van der Waals surface area contributed by atoms with Crippen LogP contribution in [0.2, 0.25) is 0 Å². The van der Waals surface area contributed by atoms with Gasteiger partial charge in [0.1, 0.15) is 28.7 Å². The average molecular weight is 594 g/mol. The van der Waals surface area contributed by atoms with Crippen molar-refractivity contribution in [3.05, 3.63) is 64.9 Å². The number of aryl methyl sites for hydroxylation is 3. The van der Waals surface area contributed by atoms with E-state index in [1.807, 2.05) is 0 Å². The molecule has 3 aromatic heterocycles. The van der Waals surface area contributed by atoms with Crippen molar-refractivity contribution in [1.29, 1.82) is 5.26 Å². The predicted molar refractivity (Wildman–Crippen MR) is 172 cm³/mol. The predicted octanol–water partition coefficient (Wildman–Crippen LogP) is 6.08. The van der Waals surface area contributed by atoms with Gasteiger partial charge in [0.2, 0.25) is 5.91 Å². The van der Waals surface area contributed by atoms with E-state index in [-0.39, 0.29) is 11.4 Å². The van der Waals surface area contributed by atoms with Crippen molar-refractivity contribution in [3.8, 4) is 6.07 Å². The third kappa shape index (κ3) is 5.00. The monoisotopic (exact) mass is 593 g/mol. The van der Waals surface area contributed by atoms with Crippen LogP contribution in [0.3, 0.4) is 0 Å². The van der Waals surface area contributed by atoms with Gasteiger partial charge in [-0.1, -0.05) is 19.6 Å². The number of piperidine rings is 1. The number of aromatic nitrogens is 3. The molecule has 8 rings (SSSR count). The third-order valence-corrected chi connectivity index (χ3v) is 11.4. The molecule has 9 heteroatoms. The molecule has 4 fully saturated rings. The van der Waals surface area contributed by atoms with E-state index in [9.17, 15) is 10.1 Å². The smallest absolute Gasteiger partial charge is 0.243 e. The van der Waals surface area contributed by atoms with Crippen molar-refractivity contribution in [1.82, 2.24) is 24.8 Å². The first-order valence-corrected chi connectivity index (χ1v) is 16.3. The lowest BCUT2D eigenvalue weighted by Crippen LogP contribution is -2.74. The zero-order valence-electron chi connectivity index (χ0n) is 25.1. The summed E-state index contributed by atoms with van der Waals surface area (Å²) in [7, 11) is 0. The number of nitriles is 1. The molecule has 4 aliphatic rings. The SMILES string of the molecule is C=CC(=O)NC12CC(CCn3c(C#N)cc4c(C)c(CN5CCC(Nc6ncnc7sc(CC)cc67)CC5)ccc43)(C1)C2. The van der Waals surface area contributed by atoms with Gasteiger partial charge in [-0.3, -0.25) is 9.69 Å². The van der Waals surface area contributed by atoms with E-state index in [2.05, 4.69) is 80.8 Å². The Balaban J connectivity index is 0.979. The summed E-state index contributed by atoms with van der Waals surface area (Å²) >= 11 is 1.76. The number of fused-ring (bicyclic) bond motifs is 2. The topological polar surface area (TPSA) is 98.9 Å². The largest absolute Gasteiger partial charge is 0.367 e. The molecule has 4 aromatic rings. The van der Waals surface area contributed by atoms with Crippen LogP contribution in [0.1, 0.15) is 67.1 Å². The van der Waals surface area contributed by atoms with Gasteiger partial charge in [-0.2, -0.15) is 5.26 Å². The number of nitrogens with zero attached hydrogens (tertiary/aromatic N) is 5. The van der Waals surface area contributed by atoms with Crippen LogP contribution < -0.4 is 10.6 Å². The molecule has 0 radical (unpaired) electrons. The number of thiophene rings is 1. The first-order chi connectivity index (χ1) is 20.8. The van der Waals surface area contributed by atoms with Crippen molar-refractivity contribution in [2.75, 3.05) is 18.4 Å². The van der Waals surface area contributed by atoms with E-state index in [1.54, 1.807) is 17.7 Å². The number of rotatable bonds is 10. The quantitative estimate of drug-likeness (QED) is 0.216. The zero-order valence-corrected chi connectivity index (χ0v) is 25.9. The van der Waals surface area contributed by atoms with Crippen LogP contribution in [-0.4, -0.2) is 50.0 Å². The Kier molecular flexibility index (Phi) is 7.02. The van der Waals surface area contributed by atoms with Crippen molar-refractivity contribution >= 4 is 44.2 Å². The normalized spacial score (nSPS) is 23.5. The number of benzene rings is 1. The Morgan fingerprint density at radius 1 is 1.21 bits per heavy atom. The fourth-order valence-electron chi connectivity index (χ4n) is 7.95. The summed E-state index contributed by atoms with van der Waals surface area (Å²) in [6.45, 7) is 11.8. The minimum Gasteiger partial charge on any atom is -0.367 e. The van der Waals surface area contributed by atoms with E-state index in [4.69, 9.17) is 0 Å². The van der Waals surface area contributed by atoms with Crippen LogP contribution in [0, 0.1) is 23.7 Å². The first kappa shape index (κ1) is 28.1. The van der Waals surface area contributed by atoms with Crippen LogP contribution in [0.5, 0.6) is 0 Å². The van der Waals surface area contributed by atoms with Crippen LogP contribution in [-0.2, 0) is 24.3 Å². The number of hydrogen-bond donors (Lipinski definition) is 2. The molecule has 2 bridgehead atoms. The fourth-order valence-corrected chi connectivity index (χ4v) is 8.88. The van der Waals surface area contributed by atoms with Gasteiger partial charge < -0.3 is 15.2 Å². The van der Waals surface area contributed by atoms with Gasteiger partial charge in [0.25, 0.3) is 0 Å². The third-order valence-electron chi connectivity index (χ3n) is 10.2. The molecule has 43 heavy (non-hydrogen) atoms. The number of anilines is 1. The minimum absolute atomic E-state index is 0.0107. The van der Waals surface area contributed by atoms with Crippen molar-refractivity contribution < 1.29 is 4.79 Å². The van der Waals surface area contributed by atoms with E-state index in [0.29, 0.717) is 11.5 Å². The summed E-state index contributed by atoms with van der Waals surface area (Å²) in [5.41, 5.74) is 4.79. The van der Waals surface area contributed by atoms with Crippen LogP contribution in [0.15, 0.2) is 43.2 Å². The highest BCUT2D eigenvalue weighted by molar-refractivity contribution is 7.18. The molecule has 222 valence electrons. The Morgan fingerprint density at radius 3 is 2.72 bits per heavy atom.